The van der Waals surface area contributed by atoms with Gasteiger partial charge in [-0.25, -0.2) is 0 Å². The largest absolute Gasteiger partial charge is 0.497 e. The smallest absolute Gasteiger partial charge is 0.264 e. The SMILES string of the molecule is COc1ccc([Si](C)(C)[C@H]2[C@H](CCn3cc(CCO)nn3)O[C@@]3(C(=O)N(Cc4ccc(NC(=O)[C@H]5CCCN5)cc4)c4ccc(Br)cc43)[C@@H]2C)cc1. The van der Waals surface area contributed by atoms with Crippen molar-refractivity contribution in [2.45, 2.75) is 82.1 Å². The molecule has 274 valence electrons. The molecule has 0 saturated carbocycles. The zero-order valence-electron chi connectivity index (χ0n) is 30.1. The Morgan fingerprint density at radius 1 is 1.15 bits per heavy atom. The van der Waals surface area contributed by atoms with Gasteiger partial charge in [0.2, 0.25) is 5.91 Å². The summed E-state index contributed by atoms with van der Waals surface area (Å²) in [6.45, 7) is 8.76. The molecule has 5 atom stereocenters. The Morgan fingerprint density at radius 3 is 2.62 bits per heavy atom. The number of anilines is 2. The first-order valence-electron chi connectivity index (χ1n) is 18.1. The van der Waals surface area contributed by atoms with Crippen LogP contribution in [-0.4, -0.2) is 72.4 Å². The van der Waals surface area contributed by atoms with Crippen LogP contribution in [0, 0.1) is 5.92 Å². The number of carbonyl (C=O) groups excluding carboxylic acids is 2. The molecule has 3 N–H and O–H groups in total. The highest BCUT2D eigenvalue weighted by Crippen LogP contribution is 2.60. The predicted molar refractivity (Wildman–Crippen MR) is 206 cm³/mol. The molecule has 3 aliphatic heterocycles. The minimum absolute atomic E-state index is 0.0145. The van der Waals surface area contributed by atoms with E-state index in [4.69, 9.17) is 9.47 Å². The van der Waals surface area contributed by atoms with Crippen molar-refractivity contribution in [1.29, 1.82) is 0 Å². The Labute approximate surface area is 314 Å². The Balaban J connectivity index is 1.21. The number of aryl methyl sites for hydroxylation is 1. The molecule has 52 heavy (non-hydrogen) atoms. The number of aliphatic hydroxyl groups excluding tert-OH is 1. The topological polar surface area (TPSA) is 131 Å². The highest BCUT2D eigenvalue weighted by atomic mass is 79.9. The molecule has 1 aromatic heterocycles. The van der Waals surface area contributed by atoms with Crippen molar-refractivity contribution >= 4 is 52.4 Å². The molecule has 7 rings (SSSR count). The van der Waals surface area contributed by atoms with Gasteiger partial charge in [0.1, 0.15) is 5.75 Å². The van der Waals surface area contributed by atoms with Crippen LogP contribution in [0.5, 0.6) is 5.75 Å². The van der Waals surface area contributed by atoms with Crippen LogP contribution < -0.4 is 25.5 Å². The highest BCUT2D eigenvalue weighted by Gasteiger charge is 2.66. The molecule has 2 fully saturated rings. The summed E-state index contributed by atoms with van der Waals surface area (Å²) < 4.78 is 15.5. The third-order valence-electron chi connectivity index (χ3n) is 11.3. The van der Waals surface area contributed by atoms with Gasteiger partial charge in [-0.2, -0.15) is 0 Å². The number of rotatable bonds is 12. The molecule has 2 saturated heterocycles. The van der Waals surface area contributed by atoms with Crippen LogP contribution in [0.2, 0.25) is 18.6 Å². The van der Waals surface area contributed by atoms with Crippen LogP contribution in [0.1, 0.15) is 43.0 Å². The van der Waals surface area contributed by atoms with Crippen molar-refractivity contribution in [2.75, 3.05) is 30.5 Å². The maximum atomic E-state index is 15.1. The molecule has 11 nitrogen and oxygen atoms in total. The summed E-state index contributed by atoms with van der Waals surface area (Å²) in [6.07, 6.45) is 4.57. The lowest BCUT2D eigenvalue weighted by Gasteiger charge is -2.37. The van der Waals surface area contributed by atoms with Crippen molar-refractivity contribution in [1.82, 2.24) is 20.3 Å². The number of fused-ring (bicyclic) bond motifs is 2. The first kappa shape index (κ1) is 36.5. The van der Waals surface area contributed by atoms with Crippen molar-refractivity contribution < 1.29 is 24.2 Å². The molecule has 0 aliphatic carbocycles. The van der Waals surface area contributed by atoms with Crippen LogP contribution in [0.3, 0.4) is 0 Å². The van der Waals surface area contributed by atoms with Crippen molar-refractivity contribution in [3.05, 3.63) is 94.2 Å². The fourth-order valence-electron chi connectivity index (χ4n) is 8.66. The number of aromatic nitrogens is 3. The van der Waals surface area contributed by atoms with Crippen molar-refractivity contribution in [3.63, 3.8) is 0 Å². The Hall–Kier alpha value is -3.88. The van der Waals surface area contributed by atoms with Gasteiger partial charge in [0, 0.05) is 47.4 Å². The number of halogens is 1. The average Bonchev–Trinajstić information content (AvgIpc) is 3.94. The van der Waals surface area contributed by atoms with Gasteiger partial charge in [0.25, 0.3) is 5.91 Å². The summed E-state index contributed by atoms with van der Waals surface area (Å²) in [5.41, 5.74) is 3.05. The van der Waals surface area contributed by atoms with Gasteiger partial charge in [-0.15, -0.1) is 5.10 Å². The number of hydrogen-bond acceptors (Lipinski definition) is 8. The van der Waals surface area contributed by atoms with Gasteiger partial charge in [-0.05, 0) is 79.4 Å². The molecule has 3 aliphatic rings. The van der Waals surface area contributed by atoms with Crippen LogP contribution in [0.4, 0.5) is 11.4 Å². The van der Waals surface area contributed by atoms with Crippen molar-refractivity contribution in [3.8, 4) is 5.75 Å². The Bertz CT molecular complexity index is 1910. The lowest BCUT2D eigenvalue weighted by molar-refractivity contribution is -0.146. The molecule has 0 unspecified atom stereocenters. The highest BCUT2D eigenvalue weighted by molar-refractivity contribution is 9.10. The quantitative estimate of drug-likeness (QED) is 0.169. The van der Waals surface area contributed by atoms with E-state index in [1.165, 1.54) is 5.19 Å². The summed E-state index contributed by atoms with van der Waals surface area (Å²) in [5.74, 6) is 0.585. The summed E-state index contributed by atoms with van der Waals surface area (Å²) in [4.78, 5) is 29.7. The average molecular weight is 788 g/mol. The maximum Gasteiger partial charge on any atom is 0.264 e. The number of aliphatic hydroxyl groups is 1. The van der Waals surface area contributed by atoms with E-state index in [0.29, 0.717) is 25.9 Å². The van der Waals surface area contributed by atoms with E-state index in [1.54, 1.807) is 7.11 Å². The van der Waals surface area contributed by atoms with Crippen LogP contribution in [0.15, 0.2) is 77.4 Å². The minimum Gasteiger partial charge on any atom is -0.497 e. The number of hydrogen-bond donors (Lipinski definition) is 3. The van der Waals surface area contributed by atoms with E-state index < -0.39 is 13.7 Å². The number of nitrogens with one attached hydrogen (secondary N) is 2. The summed E-state index contributed by atoms with van der Waals surface area (Å²) in [7, 11) is -0.643. The normalized spacial score (nSPS) is 24.1. The van der Waals surface area contributed by atoms with E-state index in [-0.39, 0.29) is 42.0 Å². The molecule has 4 heterocycles. The second-order valence-electron chi connectivity index (χ2n) is 14.8. The Kier molecular flexibility index (Phi) is 10.4. The summed E-state index contributed by atoms with van der Waals surface area (Å²) in [6, 6.07) is 22.0. The number of ether oxygens (including phenoxy) is 2. The van der Waals surface area contributed by atoms with Gasteiger partial charge in [0.15, 0.2) is 5.60 Å². The fourth-order valence-corrected chi connectivity index (χ4v) is 13.1. The standard InChI is InChI=1S/C39H47BrN6O5Si/c1-25-36(52(3,4)31-14-12-30(50-2)13-15-31)35(17-20-45-24-29(18-21-47)43-44-45)51-39(25)32-22-27(40)9-16-34(32)46(38(39)49)23-26-7-10-28(11-8-26)42-37(48)33-6-5-19-41-33/h7-16,22,24-25,33,35-36,41,47H,5-6,17-21,23H2,1-4H3,(H,42,48)/t25-,33-,35+,36-,39+/m1/s1. The third kappa shape index (κ3) is 6.73. The first-order valence-corrected chi connectivity index (χ1v) is 22.0. The minimum atomic E-state index is -2.32. The van der Waals surface area contributed by atoms with E-state index in [1.807, 2.05) is 64.3 Å². The fraction of sp³-hybridized carbons (Fsp3) is 0.436. The molecule has 3 aromatic carbocycles. The van der Waals surface area contributed by atoms with Gasteiger partial charge in [0.05, 0.1) is 45.3 Å². The van der Waals surface area contributed by atoms with Crippen molar-refractivity contribution in [2.24, 2.45) is 5.92 Å². The summed E-state index contributed by atoms with van der Waals surface area (Å²) in [5, 5.41) is 25.5. The molecular formula is C39H47BrN6O5Si. The third-order valence-corrected chi connectivity index (χ3v) is 16.2. The molecular weight excluding hydrogens is 740 g/mol. The Morgan fingerprint density at radius 2 is 1.92 bits per heavy atom. The van der Waals surface area contributed by atoms with Gasteiger partial charge >= 0.3 is 0 Å². The molecule has 1 spiro atoms. The number of benzene rings is 3. The molecule has 0 bridgehead atoms. The van der Waals surface area contributed by atoms with Crippen LogP contribution >= 0.6 is 15.9 Å². The zero-order valence-corrected chi connectivity index (χ0v) is 32.7. The molecule has 0 radical (unpaired) electrons. The lowest BCUT2D eigenvalue weighted by Crippen LogP contribution is -2.51. The van der Waals surface area contributed by atoms with Gasteiger partial charge in [-0.3, -0.25) is 14.3 Å². The monoisotopic (exact) mass is 786 g/mol. The number of carbonyl (C=O) groups is 2. The second-order valence-corrected chi connectivity index (χ2v) is 20.4. The van der Waals surface area contributed by atoms with Crippen LogP contribution in [-0.2, 0) is 39.4 Å². The number of amides is 2. The number of methoxy groups -OCH3 is 1. The zero-order chi connectivity index (χ0) is 36.6. The van der Waals surface area contributed by atoms with Crippen LogP contribution in [0.25, 0.3) is 0 Å². The lowest BCUT2D eigenvalue weighted by atomic mass is 9.82. The van der Waals surface area contributed by atoms with Gasteiger partial charge in [-0.1, -0.05) is 70.6 Å². The molecule has 2 amide bonds. The number of nitrogens with zero attached hydrogens (tertiary/aromatic N) is 4. The van der Waals surface area contributed by atoms with E-state index >= 15 is 4.79 Å². The van der Waals surface area contributed by atoms with E-state index in [9.17, 15) is 9.90 Å². The summed E-state index contributed by atoms with van der Waals surface area (Å²) >= 11 is 3.71. The van der Waals surface area contributed by atoms with E-state index in [2.05, 4.69) is 75.1 Å². The molecule has 4 aromatic rings. The maximum absolute atomic E-state index is 15.1. The first-order chi connectivity index (χ1) is 25.0. The second kappa shape index (κ2) is 14.9. The molecule has 13 heteroatoms. The van der Waals surface area contributed by atoms with Gasteiger partial charge < -0.3 is 30.1 Å². The predicted octanol–water partition coefficient (Wildman–Crippen LogP) is 5.13. The van der Waals surface area contributed by atoms with E-state index in [0.717, 1.165) is 57.8 Å².